The van der Waals surface area contributed by atoms with E-state index in [0.717, 1.165) is 11.1 Å². The van der Waals surface area contributed by atoms with E-state index in [9.17, 15) is 9.90 Å². The lowest BCUT2D eigenvalue weighted by molar-refractivity contribution is -0.142. The molecule has 0 amide bonds. The largest absolute Gasteiger partial charge is 0.481 e. The topological polar surface area (TPSA) is 63.3 Å². The second-order valence-corrected chi connectivity index (χ2v) is 6.20. The summed E-state index contributed by atoms with van der Waals surface area (Å²) in [5.74, 6) is -1.36. The van der Waals surface area contributed by atoms with Gasteiger partial charge in [-0.1, -0.05) is 45.9 Å². The third-order valence-corrected chi connectivity index (χ3v) is 3.69. The number of hydrogen-bond acceptors (Lipinski definition) is 2. The Kier molecular flexibility index (Phi) is 4.75. The summed E-state index contributed by atoms with van der Waals surface area (Å²) in [6, 6.07) is 5.73. The maximum Gasteiger partial charge on any atom is 0.308 e. The average Bonchev–Trinajstić information content (AvgIpc) is 2.28. The molecule has 0 fully saturated rings. The third kappa shape index (κ3) is 3.57. The van der Waals surface area contributed by atoms with Gasteiger partial charge in [0, 0.05) is 6.04 Å². The summed E-state index contributed by atoms with van der Waals surface area (Å²) in [5.41, 5.74) is 9.40. The van der Waals surface area contributed by atoms with E-state index in [4.69, 9.17) is 5.73 Å². The van der Waals surface area contributed by atoms with Crippen molar-refractivity contribution < 1.29 is 9.90 Å². The number of carboxylic acid groups (broad SMARTS) is 1. The number of nitrogens with two attached hydrogens (primary N) is 1. The van der Waals surface area contributed by atoms with E-state index in [1.54, 1.807) is 0 Å². The fourth-order valence-corrected chi connectivity index (χ4v) is 2.27. The van der Waals surface area contributed by atoms with Crippen molar-refractivity contribution in [3.8, 4) is 0 Å². The van der Waals surface area contributed by atoms with Gasteiger partial charge in [0.15, 0.2) is 0 Å². The number of rotatable bonds is 4. The number of carbonyl (C=O) groups is 1. The van der Waals surface area contributed by atoms with Crippen molar-refractivity contribution in [1.82, 2.24) is 0 Å². The summed E-state index contributed by atoms with van der Waals surface area (Å²) in [5, 5.41) is 9.25. The first-order valence-electron chi connectivity index (χ1n) is 6.78. The van der Waals surface area contributed by atoms with Crippen molar-refractivity contribution in [1.29, 1.82) is 0 Å². The smallest absolute Gasteiger partial charge is 0.308 e. The Morgan fingerprint density at radius 2 is 1.95 bits per heavy atom. The SMILES string of the molecule is CCC(C(=O)O)C(N)c1cc(C(C)(C)C)ccc1C. The van der Waals surface area contributed by atoms with Crippen molar-refractivity contribution >= 4 is 5.97 Å². The predicted molar refractivity (Wildman–Crippen MR) is 78.2 cm³/mol. The zero-order chi connectivity index (χ0) is 14.8. The van der Waals surface area contributed by atoms with Crippen LogP contribution in [0.2, 0.25) is 0 Å². The summed E-state index contributed by atoms with van der Waals surface area (Å²) < 4.78 is 0. The molecule has 2 unspecified atom stereocenters. The number of hydrogen-bond donors (Lipinski definition) is 2. The van der Waals surface area contributed by atoms with Gasteiger partial charge in [0.1, 0.15) is 0 Å². The zero-order valence-corrected chi connectivity index (χ0v) is 12.5. The van der Waals surface area contributed by atoms with Gasteiger partial charge in [-0.25, -0.2) is 0 Å². The summed E-state index contributed by atoms with van der Waals surface area (Å²) in [6.07, 6.45) is 0.537. The number of benzene rings is 1. The molecule has 0 heterocycles. The van der Waals surface area contributed by atoms with E-state index in [1.807, 2.05) is 19.9 Å². The van der Waals surface area contributed by atoms with Crippen LogP contribution < -0.4 is 5.73 Å². The van der Waals surface area contributed by atoms with Crippen LogP contribution >= 0.6 is 0 Å². The van der Waals surface area contributed by atoms with Crippen molar-refractivity contribution in [3.63, 3.8) is 0 Å². The summed E-state index contributed by atoms with van der Waals surface area (Å²) in [4.78, 5) is 11.3. The minimum Gasteiger partial charge on any atom is -0.481 e. The van der Waals surface area contributed by atoms with E-state index in [2.05, 4.69) is 32.9 Å². The van der Waals surface area contributed by atoms with Gasteiger partial charge >= 0.3 is 5.97 Å². The van der Waals surface area contributed by atoms with Gasteiger partial charge in [-0.05, 0) is 35.4 Å². The number of aryl methyl sites for hydroxylation is 1. The molecule has 0 spiro atoms. The second kappa shape index (κ2) is 5.74. The highest BCUT2D eigenvalue weighted by molar-refractivity contribution is 5.71. The summed E-state index contributed by atoms with van der Waals surface area (Å²) >= 11 is 0. The molecule has 19 heavy (non-hydrogen) atoms. The monoisotopic (exact) mass is 263 g/mol. The first kappa shape index (κ1) is 15.7. The maximum absolute atomic E-state index is 11.3. The molecule has 1 aromatic rings. The van der Waals surface area contributed by atoms with E-state index in [0.29, 0.717) is 6.42 Å². The van der Waals surface area contributed by atoms with Crippen LogP contribution in [0.5, 0.6) is 0 Å². The minimum absolute atomic E-state index is 0.0348. The highest BCUT2D eigenvalue weighted by Gasteiger charge is 2.26. The minimum atomic E-state index is -0.824. The van der Waals surface area contributed by atoms with Crippen LogP contribution in [0.3, 0.4) is 0 Å². The molecule has 106 valence electrons. The first-order chi connectivity index (χ1) is 8.68. The molecule has 1 aromatic carbocycles. The molecule has 0 bridgehead atoms. The Balaban J connectivity index is 3.22. The lowest BCUT2D eigenvalue weighted by Gasteiger charge is -2.25. The Hall–Kier alpha value is -1.35. The van der Waals surface area contributed by atoms with Crippen LogP contribution in [0.1, 0.15) is 56.8 Å². The zero-order valence-electron chi connectivity index (χ0n) is 12.5. The second-order valence-electron chi connectivity index (χ2n) is 6.20. The van der Waals surface area contributed by atoms with Gasteiger partial charge in [-0.2, -0.15) is 0 Å². The van der Waals surface area contributed by atoms with Gasteiger partial charge in [0.2, 0.25) is 0 Å². The van der Waals surface area contributed by atoms with Gasteiger partial charge in [-0.3, -0.25) is 4.79 Å². The molecule has 2 atom stereocenters. The van der Waals surface area contributed by atoms with Gasteiger partial charge in [0.05, 0.1) is 5.92 Å². The lowest BCUT2D eigenvalue weighted by atomic mass is 9.82. The molecular weight excluding hydrogens is 238 g/mol. The summed E-state index contributed by atoms with van der Waals surface area (Å²) in [6.45, 7) is 10.3. The molecule has 3 N–H and O–H groups in total. The van der Waals surface area contributed by atoms with E-state index in [-0.39, 0.29) is 5.41 Å². The molecule has 0 aliphatic carbocycles. The van der Waals surface area contributed by atoms with Crippen molar-refractivity contribution in [2.45, 2.75) is 52.5 Å². The predicted octanol–water partition coefficient (Wildman–Crippen LogP) is 3.40. The molecule has 0 aromatic heterocycles. The third-order valence-electron chi connectivity index (χ3n) is 3.69. The van der Waals surface area contributed by atoms with Crippen molar-refractivity contribution in [3.05, 3.63) is 34.9 Å². The Morgan fingerprint density at radius 3 is 2.37 bits per heavy atom. The Morgan fingerprint density at radius 1 is 1.37 bits per heavy atom. The van der Waals surface area contributed by atoms with Crippen LogP contribution in [-0.4, -0.2) is 11.1 Å². The van der Waals surface area contributed by atoms with Crippen LogP contribution in [0, 0.1) is 12.8 Å². The van der Waals surface area contributed by atoms with Crippen LogP contribution in [0.4, 0.5) is 0 Å². The highest BCUT2D eigenvalue weighted by atomic mass is 16.4. The van der Waals surface area contributed by atoms with E-state index < -0.39 is 17.9 Å². The average molecular weight is 263 g/mol. The molecule has 0 aliphatic rings. The molecule has 0 saturated carbocycles. The Labute approximate surface area is 115 Å². The molecule has 3 nitrogen and oxygen atoms in total. The number of aliphatic carboxylic acids is 1. The molecule has 3 heteroatoms. The van der Waals surface area contributed by atoms with Gasteiger partial charge in [-0.15, -0.1) is 0 Å². The fourth-order valence-electron chi connectivity index (χ4n) is 2.27. The lowest BCUT2D eigenvalue weighted by Crippen LogP contribution is -2.28. The highest BCUT2D eigenvalue weighted by Crippen LogP contribution is 2.30. The Bertz CT molecular complexity index is 460. The molecular formula is C16H25NO2. The van der Waals surface area contributed by atoms with Crippen LogP contribution in [0.25, 0.3) is 0 Å². The maximum atomic E-state index is 11.3. The van der Waals surface area contributed by atoms with Crippen LogP contribution in [-0.2, 0) is 10.2 Å². The molecule has 0 radical (unpaired) electrons. The van der Waals surface area contributed by atoms with Crippen molar-refractivity contribution in [2.75, 3.05) is 0 Å². The standard InChI is InChI=1S/C16H25NO2/c1-6-12(15(18)19)14(17)13-9-11(16(3,4)5)8-7-10(13)2/h7-9,12,14H,6,17H2,1-5H3,(H,18,19). The van der Waals surface area contributed by atoms with E-state index in [1.165, 1.54) is 5.56 Å². The van der Waals surface area contributed by atoms with E-state index >= 15 is 0 Å². The van der Waals surface area contributed by atoms with Crippen LogP contribution in [0.15, 0.2) is 18.2 Å². The quantitative estimate of drug-likeness (QED) is 0.875. The normalized spacial score (nSPS) is 15.1. The van der Waals surface area contributed by atoms with Gasteiger partial charge < -0.3 is 10.8 Å². The van der Waals surface area contributed by atoms with Crippen molar-refractivity contribution in [2.24, 2.45) is 11.7 Å². The first-order valence-corrected chi connectivity index (χ1v) is 6.78. The molecule has 0 aliphatic heterocycles. The molecule has 1 rings (SSSR count). The molecule has 0 saturated heterocycles. The summed E-state index contributed by atoms with van der Waals surface area (Å²) in [7, 11) is 0. The number of carboxylic acids is 1. The fraction of sp³-hybridized carbons (Fsp3) is 0.562. The van der Waals surface area contributed by atoms with Gasteiger partial charge in [0.25, 0.3) is 0 Å².